The Bertz CT molecular complexity index is 1100. The lowest BCUT2D eigenvalue weighted by Gasteiger charge is -2.33. The highest BCUT2D eigenvalue weighted by Crippen LogP contribution is 2.46. The number of fused-ring (bicyclic) bond motifs is 1. The monoisotopic (exact) mass is 477 g/mol. The zero-order valence-electron chi connectivity index (χ0n) is 20.0. The predicted octanol–water partition coefficient (Wildman–Crippen LogP) is 2.38. The number of likely N-dealkylation sites (tertiary alicyclic amines) is 1. The van der Waals surface area contributed by atoms with E-state index >= 15 is 0 Å². The first-order valence-electron chi connectivity index (χ1n) is 11.7. The molecule has 6 atom stereocenters. The van der Waals surface area contributed by atoms with Crippen LogP contribution in [-0.4, -0.2) is 54.5 Å². The van der Waals surface area contributed by atoms with Crippen LogP contribution in [-0.2, 0) is 14.4 Å². The molecule has 3 N–H and O–H groups in total. The van der Waals surface area contributed by atoms with Crippen molar-refractivity contribution in [3.05, 3.63) is 72.3 Å². The van der Waals surface area contributed by atoms with Gasteiger partial charge in [0, 0.05) is 18.7 Å². The zero-order chi connectivity index (χ0) is 25.1. The standard InChI is InChI=1S/C27H31N3O5/c1-16-9-14-20-23(22(16)25(32)28-2)27(34)30(21(15-31)17-7-5-4-6-8-17)24(20)26(33)29-18-10-12-19(35-3)13-11-18/h4-14,16,20-24,31H,15H2,1-3H3,(H,28,32)(H,29,33)/t16-,20+,21-,22-,23-,24+/m1/s1. The highest BCUT2D eigenvalue weighted by molar-refractivity contribution is 6.02. The van der Waals surface area contributed by atoms with E-state index in [2.05, 4.69) is 10.6 Å². The van der Waals surface area contributed by atoms with Gasteiger partial charge in [-0.25, -0.2) is 0 Å². The molecule has 2 aromatic rings. The Morgan fingerprint density at radius 3 is 2.34 bits per heavy atom. The van der Waals surface area contributed by atoms with E-state index in [9.17, 15) is 19.5 Å². The lowest BCUT2D eigenvalue weighted by Crippen LogP contribution is -2.46. The van der Waals surface area contributed by atoms with Gasteiger partial charge in [-0.2, -0.15) is 0 Å². The fourth-order valence-electron chi connectivity index (χ4n) is 5.36. The van der Waals surface area contributed by atoms with E-state index in [0.29, 0.717) is 11.4 Å². The van der Waals surface area contributed by atoms with Crippen molar-refractivity contribution < 1.29 is 24.2 Å². The summed E-state index contributed by atoms with van der Waals surface area (Å²) in [5.41, 5.74) is 1.28. The molecule has 1 aliphatic carbocycles. The van der Waals surface area contributed by atoms with E-state index in [1.807, 2.05) is 49.4 Å². The van der Waals surface area contributed by atoms with Crippen LogP contribution in [0.3, 0.4) is 0 Å². The molecule has 184 valence electrons. The molecule has 35 heavy (non-hydrogen) atoms. The van der Waals surface area contributed by atoms with E-state index in [1.54, 1.807) is 38.4 Å². The first-order valence-corrected chi connectivity index (χ1v) is 11.7. The minimum Gasteiger partial charge on any atom is -0.497 e. The van der Waals surface area contributed by atoms with Crippen LogP contribution < -0.4 is 15.4 Å². The first kappa shape index (κ1) is 24.5. The number of anilines is 1. The second-order valence-electron chi connectivity index (χ2n) is 9.00. The van der Waals surface area contributed by atoms with Gasteiger partial charge in [-0.05, 0) is 35.7 Å². The number of allylic oxidation sites excluding steroid dienone is 1. The number of aliphatic hydroxyl groups is 1. The molecule has 2 aliphatic rings. The van der Waals surface area contributed by atoms with Crippen LogP contribution in [0.1, 0.15) is 18.5 Å². The van der Waals surface area contributed by atoms with Gasteiger partial charge >= 0.3 is 0 Å². The number of carbonyl (C=O) groups excluding carboxylic acids is 3. The third-order valence-corrected chi connectivity index (χ3v) is 7.08. The maximum Gasteiger partial charge on any atom is 0.247 e. The Kier molecular flexibility index (Phi) is 7.21. The number of amides is 3. The molecule has 1 heterocycles. The molecule has 3 amide bonds. The molecule has 4 rings (SSSR count). The lowest BCUT2D eigenvalue weighted by molar-refractivity contribution is -0.142. The largest absolute Gasteiger partial charge is 0.497 e. The zero-order valence-corrected chi connectivity index (χ0v) is 20.0. The highest BCUT2D eigenvalue weighted by atomic mass is 16.5. The van der Waals surface area contributed by atoms with Gasteiger partial charge in [0.05, 0.1) is 31.6 Å². The second-order valence-corrected chi connectivity index (χ2v) is 9.00. The van der Waals surface area contributed by atoms with Crippen molar-refractivity contribution in [3.8, 4) is 5.75 Å². The minimum absolute atomic E-state index is 0.172. The fraction of sp³-hybridized carbons (Fsp3) is 0.370. The quantitative estimate of drug-likeness (QED) is 0.531. The molecule has 2 aromatic carbocycles. The number of aliphatic hydroxyl groups excluding tert-OH is 1. The third-order valence-electron chi connectivity index (χ3n) is 7.08. The van der Waals surface area contributed by atoms with Gasteiger partial charge in [0.15, 0.2) is 0 Å². The number of nitrogens with one attached hydrogen (secondary N) is 2. The number of hydrogen-bond donors (Lipinski definition) is 3. The summed E-state index contributed by atoms with van der Waals surface area (Å²) in [7, 11) is 3.11. The van der Waals surface area contributed by atoms with Crippen LogP contribution in [0.4, 0.5) is 5.69 Å². The van der Waals surface area contributed by atoms with Crippen molar-refractivity contribution >= 4 is 23.4 Å². The van der Waals surface area contributed by atoms with Crippen molar-refractivity contribution in [2.24, 2.45) is 23.7 Å². The molecular formula is C27H31N3O5. The fourth-order valence-corrected chi connectivity index (χ4v) is 5.36. The molecule has 8 heteroatoms. The summed E-state index contributed by atoms with van der Waals surface area (Å²) in [5.74, 6) is -2.27. The van der Waals surface area contributed by atoms with E-state index in [1.165, 1.54) is 4.90 Å². The molecule has 8 nitrogen and oxygen atoms in total. The van der Waals surface area contributed by atoms with Crippen LogP contribution in [0.2, 0.25) is 0 Å². The highest BCUT2D eigenvalue weighted by Gasteiger charge is 2.58. The molecule has 1 fully saturated rings. The van der Waals surface area contributed by atoms with Gasteiger partial charge in [-0.1, -0.05) is 49.4 Å². The average molecular weight is 478 g/mol. The summed E-state index contributed by atoms with van der Waals surface area (Å²) >= 11 is 0. The molecule has 0 bridgehead atoms. The van der Waals surface area contributed by atoms with Gasteiger partial charge in [-0.3, -0.25) is 14.4 Å². The number of carbonyl (C=O) groups is 3. The Hall–Kier alpha value is -3.65. The van der Waals surface area contributed by atoms with Crippen LogP contribution >= 0.6 is 0 Å². The van der Waals surface area contributed by atoms with Gasteiger partial charge in [0.1, 0.15) is 11.8 Å². The van der Waals surface area contributed by atoms with E-state index in [0.717, 1.165) is 5.56 Å². The maximum absolute atomic E-state index is 13.9. The number of rotatable bonds is 7. The Balaban J connectivity index is 1.76. The number of benzene rings is 2. The molecule has 1 saturated heterocycles. The summed E-state index contributed by atoms with van der Waals surface area (Å²) in [6, 6.07) is 14.4. The Morgan fingerprint density at radius 1 is 1.06 bits per heavy atom. The number of methoxy groups -OCH3 is 1. The summed E-state index contributed by atoms with van der Waals surface area (Å²) in [4.78, 5) is 42.0. The van der Waals surface area contributed by atoms with E-state index in [-0.39, 0.29) is 30.2 Å². The smallest absolute Gasteiger partial charge is 0.247 e. The third kappa shape index (κ3) is 4.53. The molecule has 0 unspecified atom stereocenters. The number of ether oxygens (including phenoxy) is 1. The Morgan fingerprint density at radius 2 is 1.74 bits per heavy atom. The summed E-state index contributed by atoms with van der Waals surface area (Å²) < 4.78 is 5.19. The topological polar surface area (TPSA) is 108 Å². The van der Waals surface area contributed by atoms with E-state index < -0.39 is 29.8 Å². The lowest BCUT2D eigenvalue weighted by atomic mass is 9.70. The summed E-state index contributed by atoms with van der Waals surface area (Å²) in [6.07, 6.45) is 3.78. The van der Waals surface area contributed by atoms with Crippen LogP contribution in [0.5, 0.6) is 5.75 Å². The second kappa shape index (κ2) is 10.3. The summed E-state index contributed by atoms with van der Waals surface area (Å²) in [5, 5.41) is 16.0. The average Bonchev–Trinajstić information content (AvgIpc) is 3.17. The number of hydrogen-bond acceptors (Lipinski definition) is 5. The normalized spacial score (nSPS) is 26.1. The molecule has 0 radical (unpaired) electrons. The molecule has 0 aromatic heterocycles. The van der Waals surface area contributed by atoms with E-state index in [4.69, 9.17) is 4.74 Å². The summed E-state index contributed by atoms with van der Waals surface area (Å²) in [6.45, 7) is 1.54. The molecule has 0 saturated carbocycles. The van der Waals surface area contributed by atoms with Crippen LogP contribution in [0.25, 0.3) is 0 Å². The van der Waals surface area contributed by atoms with Gasteiger partial charge in [0.25, 0.3) is 0 Å². The Labute approximate surface area is 205 Å². The van der Waals surface area contributed by atoms with Crippen molar-refractivity contribution in [2.75, 3.05) is 26.1 Å². The SMILES string of the molecule is CNC(=O)[C@H]1[C@@H]2C(=O)N([C@H](CO)c3ccccc3)[C@H](C(=O)Nc3ccc(OC)cc3)[C@H]2C=C[C@H]1C. The van der Waals surface area contributed by atoms with Crippen molar-refractivity contribution in [3.63, 3.8) is 0 Å². The van der Waals surface area contributed by atoms with Crippen molar-refractivity contribution in [1.29, 1.82) is 0 Å². The van der Waals surface area contributed by atoms with Crippen LogP contribution in [0, 0.1) is 23.7 Å². The number of nitrogens with zero attached hydrogens (tertiary/aromatic N) is 1. The van der Waals surface area contributed by atoms with Crippen molar-refractivity contribution in [2.45, 2.75) is 19.0 Å². The van der Waals surface area contributed by atoms with Gasteiger partial charge < -0.3 is 25.4 Å². The molecule has 1 aliphatic heterocycles. The molecular weight excluding hydrogens is 446 g/mol. The first-order chi connectivity index (χ1) is 16.9. The van der Waals surface area contributed by atoms with Crippen molar-refractivity contribution in [1.82, 2.24) is 10.2 Å². The predicted molar refractivity (Wildman–Crippen MR) is 131 cm³/mol. The minimum atomic E-state index is -0.900. The van der Waals surface area contributed by atoms with Gasteiger partial charge in [-0.15, -0.1) is 0 Å². The molecule has 0 spiro atoms. The maximum atomic E-state index is 13.9. The van der Waals surface area contributed by atoms with Gasteiger partial charge in [0.2, 0.25) is 17.7 Å². The van der Waals surface area contributed by atoms with Crippen LogP contribution in [0.15, 0.2) is 66.7 Å².